The monoisotopic (exact) mass is 272 g/mol. The summed E-state index contributed by atoms with van der Waals surface area (Å²) in [6, 6.07) is 0. The molecule has 0 aromatic carbocycles. The molecule has 0 heterocycles. The van der Waals surface area contributed by atoms with Gasteiger partial charge in [0.1, 0.15) is 0 Å². The van der Waals surface area contributed by atoms with Crippen molar-refractivity contribution in [2.24, 2.45) is 47.3 Å². The molecule has 5 aliphatic rings. The Labute approximate surface area is 125 Å². The standard InChI is InChI=1S/C20H32/c1-3-13-7-9-15-12-20-16(11-19(15)17(13)5-1)10-8-14-4-2-6-18(14)20/h13-20H,1-12H2. The second-order valence-corrected chi connectivity index (χ2v) is 9.18. The second kappa shape index (κ2) is 4.75. The number of rotatable bonds is 0. The summed E-state index contributed by atoms with van der Waals surface area (Å²) in [6.07, 6.45) is 19.3. The zero-order chi connectivity index (χ0) is 13.1. The molecule has 0 spiro atoms. The molecule has 112 valence electrons. The minimum Gasteiger partial charge on any atom is -0.0527 e. The fraction of sp³-hybridized carbons (Fsp3) is 1.00. The summed E-state index contributed by atoms with van der Waals surface area (Å²) in [6.45, 7) is 0. The summed E-state index contributed by atoms with van der Waals surface area (Å²) in [5.74, 6) is 9.36. The van der Waals surface area contributed by atoms with Gasteiger partial charge in [-0.15, -0.1) is 0 Å². The molecule has 0 bridgehead atoms. The zero-order valence-corrected chi connectivity index (χ0v) is 13.1. The number of hydrogen-bond donors (Lipinski definition) is 0. The molecule has 0 aliphatic heterocycles. The molecular weight excluding hydrogens is 240 g/mol. The van der Waals surface area contributed by atoms with E-state index in [-0.39, 0.29) is 0 Å². The summed E-state index contributed by atoms with van der Waals surface area (Å²) in [4.78, 5) is 0. The van der Waals surface area contributed by atoms with E-state index < -0.39 is 0 Å². The van der Waals surface area contributed by atoms with Gasteiger partial charge in [0.05, 0.1) is 0 Å². The van der Waals surface area contributed by atoms with Crippen LogP contribution in [0.3, 0.4) is 0 Å². The molecule has 8 unspecified atom stereocenters. The van der Waals surface area contributed by atoms with Crippen LogP contribution in [0.4, 0.5) is 0 Å². The van der Waals surface area contributed by atoms with Crippen molar-refractivity contribution in [2.75, 3.05) is 0 Å². The summed E-state index contributed by atoms with van der Waals surface area (Å²) >= 11 is 0. The van der Waals surface area contributed by atoms with Crippen LogP contribution in [0.1, 0.15) is 77.0 Å². The van der Waals surface area contributed by atoms with Gasteiger partial charge in [-0.3, -0.25) is 0 Å². The molecule has 0 aromatic heterocycles. The van der Waals surface area contributed by atoms with Crippen LogP contribution < -0.4 is 0 Å². The Kier molecular flexibility index (Phi) is 2.98. The minimum atomic E-state index is 1.16. The van der Waals surface area contributed by atoms with Crippen LogP contribution >= 0.6 is 0 Å². The Morgan fingerprint density at radius 3 is 1.30 bits per heavy atom. The van der Waals surface area contributed by atoms with E-state index in [0.29, 0.717) is 0 Å². The van der Waals surface area contributed by atoms with E-state index in [1.165, 1.54) is 23.7 Å². The molecule has 0 radical (unpaired) electrons. The highest BCUT2D eigenvalue weighted by Crippen LogP contribution is 2.60. The summed E-state index contributed by atoms with van der Waals surface area (Å²) in [5.41, 5.74) is 0. The molecule has 5 fully saturated rings. The van der Waals surface area contributed by atoms with Crippen molar-refractivity contribution in [1.82, 2.24) is 0 Å². The van der Waals surface area contributed by atoms with E-state index in [1.54, 1.807) is 77.0 Å². The first-order chi connectivity index (χ1) is 9.90. The molecule has 5 aliphatic carbocycles. The van der Waals surface area contributed by atoms with Crippen molar-refractivity contribution in [3.8, 4) is 0 Å². The van der Waals surface area contributed by atoms with E-state index in [4.69, 9.17) is 0 Å². The van der Waals surface area contributed by atoms with Crippen molar-refractivity contribution in [1.29, 1.82) is 0 Å². The Hall–Kier alpha value is 0. The lowest BCUT2D eigenvalue weighted by Crippen LogP contribution is -2.44. The summed E-state index contributed by atoms with van der Waals surface area (Å²) in [5, 5.41) is 0. The molecule has 8 atom stereocenters. The maximum Gasteiger partial charge on any atom is -0.0352 e. The van der Waals surface area contributed by atoms with Gasteiger partial charge in [-0.1, -0.05) is 25.7 Å². The molecule has 5 rings (SSSR count). The van der Waals surface area contributed by atoms with Crippen LogP contribution in [0, 0.1) is 47.3 Å². The van der Waals surface area contributed by atoms with Crippen molar-refractivity contribution < 1.29 is 0 Å². The second-order valence-electron chi connectivity index (χ2n) is 9.18. The first-order valence-corrected chi connectivity index (χ1v) is 9.90. The van der Waals surface area contributed by atoms with Crippen molar-refractivity contribution in [2.45, 2.75) is 77.0 Å². The average Bonchev–Trinajstić information content (AvgIpc) is 3.13. The highest BCUT2D eigenvalue weighted by molar-refractivity contribution is 5.00. The molecule has 0 amide bonds. The third-order valence-electron chi connectivity index (χ3n) is 8.71. The normalized spacial score (nSPS) is 57.6. The van der Waals surface area contributed by atoms with Gasteiger partial charge >= 0.3 is 0 Å². The fourth-order valence-corrected chi connectivity index (χ4v) is 7.98. The van der Waals surface area contributed by atoms with Crippen LogP contribution in [0.25, 0.3) is 0 Å². The maximum atomic E-state index is 1.67. The lowest BCUT2D eigenvalue weighted by Gasteiger charge is -2.53. The third-order valence-corrected chi connectivity index (χ3v) is 8.71. The Balaban J connectivity index is 1.38. The molecule has 0 aromatic rings. The van der Waals surface area contributed by atoms with Crippen molar-refractivity contribution in [3.63, 3.8) is 0 Å². The Morgan fingerprint density at radius 1 is 0.350 bits per heavy atom. The van der Waals surface area contributed by atoms with E-state index in [0.717, 1.165) is 23.7 Å². The quantitative estimate of drug-likeness (QED) is 0.533. The van der Waals surface area contributed by atoms with Gasteiger partial charge in [0.25, 0.3) is 0 Å². The SMILES string of the molecule is C1CC2CCC3CC4C(CCC5CCCC54)CC3C2C1. The highest BCUT2D eigenvalue weighted by Gasteiger charge is 2.51. The maximum absolute atomic E-state index is 1.67. The van der Waals surface area contributed by atoms with Crippen LogP contribution in [0.15, 0.2) is 0 Å². The predicted octanol–water partition coefficient (Wildman–Crippen LogP) is 5.67. The number of fused-ring (bicyclic) bond motifs is 6. The first-order valence-electron chi connectivity index (χ1n) is 9.90. The molecule has 0 saturated heterocycles. The number of hydrogen-bond acceptors (Lipinski definition) is 0. The topological polar surface area (TPSA) is 0 Å². The van der Waals surface area contributed by atoms with Gasteiger partial charge in [0.2, 0.25) is 0 Å². The zero-order valence-electron chi connectivity index (χ0n) is 13.1. The van der Waals surface area contributed by atoms with Gasteiger partial charge in [0.15, 0.2) is 0 Å². The lowest BCUT2D eigenvalue weighted by atomic mass is 9.52. The van der Waals surface area contributed by atoms with E-state index in [9.17, 15) is 0 Å². The van der Waals surface area contributed by atoms with Crippen LogP contribution in [-0.2, 0) is 0 Å². The Bertz CT molecular complexity index is 336. The van der Waals surface area contributed by atoms with Gasteiger partial charge in [-0.05, 0) is 98.7 Å². The van der Waals surface area contributed by atoms with Gasteiger partial charge in [-0.25, -0.2) is 0 Å². The summed E-state index contributed by atoms with van der Waals surface area (Å²) in [7, 11) is 0. The summed E-state index contributed by atoms with van der Waals surface area (Å²) < 4.78 is 0. The van der Waals surface area contributed by atoms with Gasteiger partial charge < -0.3 is 0 Å². The average molecular weight is 272 g/mol. The van der Waals surface area contributed by atoms with E-state index in [2.05, 4.69) is 0 Å². The first kappa shape index (κ1) is 12.5. The lowest BCUT2D eigenvalue weighted by molar-refractivity contribution is -0.0317. The largest absolute Gasteiger partial charge is 0.0527 e. The van der Waals surface area contributed by atoms with Crippen molar-refractivity contribution in [3.05, 3.63) is 0 Å². The molecule has 0 N–H and O–H groups in total. The predicted molar refractivity (Wildman–Crippen MR) is 83.3 cm³/mol. The van der Waals surface area contributed by atoms with Crippen LogP contribution in [0.2, 0.25) is 0 Å². The highest BCUT2D eigenvalue weighted by atomic mass is 14.6. The van der Waals surface area contributed by atoms with Crippen LogP contribution in [0.5, 0.6) is 0 Å². The molecule has 20 heavy (non-hydrogen) atoms. The smallest absolute Gasteiger partial charge is 0.0352 e. The molecule has 0 heteroatoms. The van der Waals surface area contributed by atoms with Crippen LogP contribution in [-0.4, -0.2) is 0 Å². The molecular formula is C20H32. The fourth-order valence-electron chi connectivity index (χ4n) is 7.98. The molecule has 5 saturated carbocycles. The van der Waals surface area contributed by atoms with E-state index >= 15 is 0 Å². The third kappa shape index (κ3) is 1.78. The molecule has 0 nitrogen and oxygen atoms in total. The van der Waals surface area contributed by atoms with Gasteiger partial charge in [-0.2, -0.15) is 0 Å². The minimum absolute atomic E-state index is 1.16. The van der Waals surface area contributed by atoms with Crippen molar-refractivity contribution >= 4 is 0 Å². The Morgan fingerprint density at radius 2 is 0.800 bits per heavy atom. The van der Waals surface area contributed by atoms with Gasteiger partial charge in [0, 0.05) is 0 Å². The van der Waals surface area contributed by atoms with E-state index in [1.807, 2.05) is 0 Å².